The van der Waals surface area contributed by atoms with E-state index in [2.05, 4.69) is 10.1 Å². The summed E-state index contributed by atoms with van der Waals surface area (Å²) in [7, 11) is 0. The monoisotopic (exact) mass is 318 g/mol. The molecule has 7 nitrogen and oxygen atoms in total. The second-order valence-electron chi connectivity index (χ2n) is 4.51. The lowest BCUT2D eigenvalue weighted by molar-refractivity contribution is 0.368. The van der Waals surface area contributed by atoms with Crippen LogP contribution >= 0.6 is 12.3 Å². The first-order valence-corrected chi connectivity index (χ1v) is 7.37. The van der Waals surface area contributed by atoms with Crippen molar-refractivity contribution in [3.05, 3.63) is 52.7 Å². The SMILES string of the molecule is CCOSOc1cccnc1-n1nc2ccc(C)cn2c1=O. The molecule has 0 saturated carbocycles. The van der Waals surface area contributed by atoms with E-state index in [-0.39, 0.29) is 5.69 Å². The van der Waals surface area contributed by atoms with Crippen molar-refractivity contribution in [2.45, 2.75) is 13.8 Å². The molecule has 3 aromatic rings. The predicted molar refractivity (Wildman–Crippen MR) is 83.2 cm³/mol. The molecule has 0 aromatic carbocycles. The van der Waals surface area contributed by atoms with Gasteiger partial charge in [0.2, 0.25) is 18.1 Å². The highest BCUT2D eigenvalue weighted by atomic mass is 32.2. The second-order valence-corrected chi connectivity index (χ2v) is 5.05. The van der Waals surface area contributed by atoms with Crippen LogP contribution in [-0.2, 0) is 4.18 Å². The molecule has 0 radical (unpaired) electrons. The van der Waals surface area contributed by atoms with Crippen LogP contribution < -0.4 is 9.87 Å². The summed E-state index contributed by atoms with van der Waals surface area (Å²) in [4.78, 5) is 16.7. The van der Waals surface area contributed by atoms with Crippen molar-refractivity contribution in [3.63, 3.8) is 0 Å². The summed E-state index contributed by atoms with van der Waals surface area (Å²) in [6, 6.07) is 7.10. The zero-order valence-corrected chi connectivity index (χ0v) is 12.9. The Hall–Kier alpha value is -2.32. The Morgan fingerprint density at radius 1 is 1.32 bits per heavy atom. The van der Waals surface area contributed by atoms with E-state index in [1.165, 1.54) is 9.08 Å². The Bertz CT molecular complexity index is 859. The summed E-state index contributed by atoms with van der Waals surface area (Å²) in [5.41, 5.74) is 1.21. The fraction of sp³-hybridized carbons (Fsp3) is 0.214. The topological polar surface area (TPSA) is 70.7 Å². The highest BCUT2D eigenvalue weighted by Gasteiger charge is 2.15. The quantitative estimate of drug-likeness (QED) is 0.530. The molecule has 0 saturated heterocycles. The molecule has 3 aromatic heterocycles. The molecule has 114 valence electrons. The first-order valence-electron chi connectivity index (χ1n) is 6.70. The lowest BCUT2D eigenvalue weighted by Crippen LogP contribution is -2.20. The van der Waals surface area contributed by atoms with Crippen LogP contribution in [0.25, 0.3) is 11.5 Å². The maximum Gasteiger partial charge on any atom is 0.356 e. The van der Waals surface area contributed by atoms with Crippen molar-refractivity contribution in [1.82, 2.24) is 19.2 Å². The maximum atomic E-state index is 12.5. The molecule has 0 unspecified atom stereocenters. The zero-order valence-electron chi connectivity index (χ0n) is 12.1. The summed E-state index contributed by atoms with van der Waals surface area (Å²) < 4.78 is 13.2. The minimum Gasteiger partial charge on any atom is -0.396 e. The van der Waals surface area contributed by atoms with Gasteiger partial charge in [-0.2, -0.15) is 4.68 Å². The van der Waals surface area contributed by atoms with Gasteiger partial charge in [-0.3, -0.25) is 4.18 Å². The Morgan fingerprint density at radius 2 is 2.18 bits per heavy atom. The zero-order chi connectivity index (χ0) is 15.5. The van der Waals surface area contributed by atoms with E-state index in [0.717, 1.165) is 17.9 Å². The molecular weight excluding hydrogens is 304 g/mol. The molecule has 0 aliphatic rings. The fourth-order valence-electron chi connectivity index (χ4n) is 1.93. The minimum absolute atomic E-state index is 0.302. The number of aryl methyl sites for hydroxylation is 1. The Balaban J connectivity index is 2.08. The molecule has 0 spiro atoms. The average Bonchev–Trinajstić information content (AvgIpc) is 2.85. The number of rotatable bonds is 5. The van der Waals surface area contributed by atoms with Gasteiger partial charge in [0.15, 0.2) is 11.4 Å². The van der Waals surface area contributed by atoms with Crippen LogP contribution in [0.5, 0.6) is 5.75 Å². The number of nitrogens with zero attached hydrogens (tertiary/aromatic N) is 4. The molecular formula is C14H14N4O3S. The van der Waals surface area contributed by atoms with E-state index < -0.39 is 0 Å². The molecule has 0 atom stereocenters. The Labute approximate surface area is 130 Å². The lowest BCUT2D eigenvalue weighted by atomic mass is 10.3. The van der Waals surface area contributed by atoms with E-state index in [4.69, 9.17) is 8.37 Å². The van der Waals surface area contributed by atoms with Gasteiger partial charge < -0.3 is 4.18 Å². The Kier molecular flexibility index (Phi) is 4.12. The van der Waals surface area contributed by atoms with Crippen molar-refractivity contribution in [2.75, 3.05) is 6.61 Å². The van der Waals surface area contributed by atoms with Crippen molar-refractivity contribution in [3.8, 4) is 11.6 Å². The third-order valence-corrected chi connectivity index (χ3v) is 3.49. The van der Waals surface area contributed by atoms with E-state index in [0.29, 0.717) is 23.8 Å². The third kappa shape index (κ3) is 2.70. The van der Waals surface area contributed by atoms with Crippen molar-refractivity contribution in [2.24, 2.45) is 0 Å². The third-order valence-electron chi connectivity index (χ3n) is 2.91. The van der Waals surface area contributed by atoms with Gasteiger partial charge in [0.25, 0.3) is 0 Å². The largest absolute Gasteiger partial charge is 0.396 e. The van der Waals surface area contributed by atoms with Crippen LogP contribution in [0.2, 0.25) is 0 Å². The van der Waals surface area contributed by atoms with Crippen LogP contribution in [-0.4, -0.2) is 25.8 Å². The molecule has 8 heteroatoms. The summed E-state index contributed by atoms with van der Waals surface area (Å²) >= 11 is 0.840. The summed E-state index contributed by atoms with van der Waals surface area (Å²) in [5.74, 6) is 0.726. The molecule has 0 N–H and O–H groups in total. The van der Waals surface area contributed by atoms with E-state index in [1.807, 2.05) is 19.9 Å². The number of hydrogen-bond donors (Lipinski definition) is 0. The average molecular weight is 318 g/mol. The standard InChI is InChI=1S/C14H14N4O3S/c1-3-20-22-21-11-5-4-8-15-13(11)18-14(19)17-9-10(2)6-7-12(17)16-18/h4-9H,3H2,1-2H3. The molecule has 3 rings (SSSR count). The van der Waals surface area contributed by atoms with Crippen molar-refractivity contribution in [1.29, 1.82) is 0 Å². The van der Waals surface area contributed by atoms with E-state index in [1.54, 1.807) is 30.6 Å². The van der Waals surface area contributed by atoms with Crippen LogP contribution in [0.15, 0.2) is 41.5 Å². The van der Waals surface area contributed by atoms with Crippen LogP contribution in [0.3, 0.4) is 0 Å². The number of aromatic nitrogens is 4. The molecule has 0 aliphatic carbocycles. The van der Waals surface area contributed by atoms with E-state index in [9.17, 15) is 4.79 Å². The Morgan fingerprint density at radius 3 is 3.00 bits per heavy atom. The molecule has 0 fully saturated rings. The smallest absolute Gasteiger partial charge is 0.356 e. The molecule has 0 bridgehead atoms. The van der Waals surface area contributed by atoms with Gasteiger partial charge >= 0.3 is 5.69 Å². The van der Waals surface area contributed by atoms with Crippen molar-refractivity contribution < 1.29 is 8.37 Å². The van der Waals surface area contributed by atoms with Gasteiger partial charge in [-0.1, -0.05) is 6.07 Å². The summed E-state index contributed by atoms with van der Waals surface area (Å²) in [6.45, 7) is 4.28. The predicted octanol–water partition coefficient (Wildman–Crippen LogP) is 2.17. The lowest BCUT2D eigenvalue weighted by Gasteiger charge is -2.06. The van der Waals surface area contributed by atoms with Gasteiger partial charge in [-0.25, -0.2) is 14.2 Å². The van der Waals surface area contributed by atoms with Gasteiger partial charge in [0.1, 0.15) is 0 Å². The highest BCUT2D eigenvalue weighted by molar-refractivity contribution is 7.90. The van der Waals surface area contributed by atoms with Gasteiger partial charge in [0, 0.05) is 12.4 Å². The maximum absolute atomic E-state index is 12.5. The second kappa shape index (κ2) is 6.20. The molecule has 0 amide bonds. The first kappa shape index (κ1) is 14.6. The van der Waals surface area contributed by atoms with Gasteiger partial charge in [0.05, 0.1) is 6.61 Å². The normalized spacial score (nSPS) is 11.0. The number of fused-ring (bicyclic) bond motifs is 1. The highest BCUT2D eigenvalue weighted by Crippen LogP contribution is 2.22. The van der Waals surface area contributed by atoms with Gasteiger partial charge in [-0.15, -0.1) is 5.10 Å². The van der Waals surface area contributed by atoms with Crippen molar-refractivity contribution >= 4 is 18.0 Å². The summed E-state index contributed by atoms with van der Waals surface area (Å²) in [5, 5.41) is 4.29. The number of pyridine rings is 2. The summed E-state index contributed by atoms with van der Waals surface area (Å²) in [6.07, 6.45) is 3.31. The van der Waals surface area contributed by atoms with Gasteiger partial charge in [-0.05, 0) is 37.6 Å². The van der Waals surface area contributed by atoms with Crippen LogP contribution in [0.4, 0.5) is 0 Å². The number of hydrogen-bond acceptors (Lipinski definition) is 6. The van der Waals surface area contributed by atoms with E-state index >= 15 is 0 Å². The first-order chi connectivity index (χ1) is 10.7. The van der Waals surface area contributed by atoms with Crippen LogP contribution in [0, 0.1) is 6.92 Å². The minimum atomic E-state index is -0.302. The molecule has 0 aliphatic heterocycles. The van der Waals surface area contributed by atoms with Crippen LogP contribution in [0.1, 0.15) is 12.5 Å². The molecule has 3 heterocycles. The fourth-order valence-corrected chi connectivity index (χ4v) is 2.28. The molecule has 22 heavy (non-hydrogen) atoms.